The van der Waals surface area contributed by atoms with Crippen LogP contribution in [0.15, 0.2) is 57.3 Å². The molecule has 0 amide bonds. The first-order valence-electron chi connectivity index (χ1n) is 13.3. The molecule has 2 aromatic carbocycles. The molecule has 4 rings (SSSR count). The van der Waals surface area contributed by atoms with Crippen molar-refractivity contribution in [2.75, 3.05) is 0 Å². The number of hydrogen-bond acceptors (Lipinski definition) is 4. The maximum absolute atomic E-state index is 12.0. The van der Waals surface area contributed by atoms with E-state index in [4.69, 9.17) is 23.2 Å². The van der Waals surface area contributed by atoms with Crippen molar-refractivity contribution in [2.24, 2.45) is 8.80 Å². The normalized spacial score (nSPS) is 28.4. The van der Waals surface area contributed by atoms with Gasteiger partial charge in [0.1, 0.15) is 22.0 Å². The zero-order valence-corrected chi connectivity index (χ0v) is 27.1. The third-order valence-electron chi connectivity index (χ3n) is 7.08. The molecule has 2 aliphatic carbocycles. The summed E-state index contributed by atoms with van der Waals surface area (Å²) in [4.78, 5) is 0. The lowest BCUT2D eigenvalue weighted by molar-refractivity contribution is 0.0520. The van der Waals surface area contributed by atoms with E-state index in [2.05, 4.69) is 8.80 Å². The fourth-order valence-electron chi connectivity index (χ4n) is 4.57. The van der Waals surface area contributed by atoms with Gasteiger partial charge in [-0.1, -0.05) is 47.5 Å². The molecule has 2 aromatic rings. The Labute approximate surface area is 253 Å². The van der Waals surface area contributed by atoms with Crippen LogP contribution in [-0.2, 0) is 32.8 Å². The minimum Gasteiger partial charge on any atom is -0.393 e. The Kier molecular flexibility index (Phi) is 10.6. The molecule has 0 aromatic heterocycles. The molecule has 6 nitrogen and oxygen atoms in total. The highest BCUT2D eigenvalue weighted by Crippen LogP contribution is 2.44. The van der Waals surface area contributed by atoms with Gasteiger partial charge in [0.25, 0.3) is 0 Å². The van der Waals surface area contributed by atoms with E-state index >= 15 is 0 Å². The van der Waals surface area contributed by atoms with E-state index in [1.807, 2.05) is 90.1 Å². The van der Waals surface area contributed by atoms with E-state index in [1.165, 1.54) is 0 Å². The van der Waals surface area contributed by atoms with Gasteiger partial charge < -0.3 is 10.2 Å². The van der Waals surface area contributed by atoms with Crippen LogP contribution in [0.4, 0.5) is 0 Å². The topological polar surface area (TPSA) is 99.3 Å². The van der Waals surface area contributed by atoms with Crippen molar-refractivity contribution in [3.8, 4) is 0 Å². The first-order valence-corrected chi connectivity index (χ1v) is 16.3. The standard InChI is InChI=1S/2C15H20ClNO2S/c2*1-14(2,3)20(19)17-10-15(8-13(18)9-15)11-4-6-12(16)7-5-11/h2*4-7,10,13,18H,8-9H2,1-3H3. The Morgan fingerprint density at radius 1 is 0.675 bits per heavy atom. The highest BCUT2D eigenvalue weighted by Gasteiger charge is 2.45. The SMILES string of the molecule is CC(C)(C)S(=O)N=CC1(c2ccc(Cl)cc2)CC(O)C1.CC(C)(C)S(=O)N=CC1(c2ccc(Cl)cc2)CC(O)C1. The van der Waals surface area contributed by atoms with Gasteiger partial charge in [-0.3, -0.25) is 0 Å². The average Bonchev–Trinajstić information content (AvgIpc) is 2.82. The van der Waals surface area contributed by atoms with Crippen LogP contribution in [0.25, 0.3) is 0 Å². The monoisotopic (exact) mass is 626 g/mol. The summed E-state index contributed by atoms with van der Waals surface area (Å²) >= 11 is 11.8. The van der Waals surface area contributed by atoms with Crippen LogP contribution in [0.3, 0.4) is 0 Å². The fraction of sp³-hybridized carbons (Fsp3) is 0.533. The molecule has 0 spiro atoms. The molecule has 2 unspecified atom stereocenters. The smallest absolute Gasteiger partial charge is 0.144 e. The first-order chi connectivity index (χ1) is 18.5. The number of hydrogen-bond donors (Lipinski definition) is 2. The second kappa shape index (κ2) is 12.8. The Hall–Kier alpha value is -1.42. The van der Waals surface area contributed by atoms with Crippen molar-refractivity contribution in [3.63, 3.8) is 0 Å². The van der Waals surface area contributed by atoms with Crippen molar-refractivity contribution < 1.29 is 18.6 Å². The maximum atomic E-state index is 12.0. The van der Waals surface area contributed by atoms with Gasteiger partial charge in [0.05, 0.1) is 21.7 Å². The van der Waals surface area contributed by atoms with Gasteiger partial charge in [-0.15, -0.1) is 0 Å². The first kappa shape index (κ1) is 33.1. The van der Waals surface area contributed by atoms with Gasteiger partial charge in [-0.25, -0.2) is 8.42 Å². The summed E-state index contributed by atoms with van der Waals surface area (Å²) in [5, 5.41) is 20.7. The molecule has 0 aliphatic heterocycles. The summed E-state index contributed by atoms with van der Waals surface area (Å²) in [5.74, 6) is 0. The van der Waals surface area contributed by atoms with Gasteiger partial charge in [0, 0.05) is 33.3 Å². The fourth-order valence-corrected chi connectivity index (χ4v) is 6.05. The summed E-state index contributed by atoms with van der Waals surface area (Å²) in [5.41, 5.74) is 1.49. The molecule has 2 fully saturated rings. The largest absolute Gasteiger partial charge is 0.393 e. The van der Waals surface area contributed by atoms with Crippen molar-refractivity contribution in [3.05, 3.63) is 69.7 Å². The number of aliphatic hydroxyl groups is 2. The summed E-state index contributed by atoms with van der Waals surface area (Å²) in [6, 6.07) is 15.1. The molecule has 40 heavy (non-hydrogen) atoms. The summed E-state index contributed by atoms with van der Waals surface area (Å²) < 4.78 is 31.8. The van der Waals surface area contributed by atoms with E-state index < -0.39 is 22.0 Å². The maximum Gasteiger partial charge on any atom is 0.144 e. The number of halogens is 2. The molecular formula is C30H40Cl2N2O4S2. The minimum atomic E-state index is -1.28. The van der Waals surface area contributed by atoms with Crippen molar-refractivity contribution in [2.45, 2.75) is 99.8 Å². The molecule has 2 atom stereocenters. The third-order valence-corrected chi connectivity index (χ3v) is 10.3. The minimum absolute atomic E-state index is 0.315. The Morgan fingerprint density at radius 2 is 0.950 bits per heavy atom. The van der Waals surface area contributed by atoms with Crippen LogP contribution in [0.1, 0.15) is 78.4 Å². The van der Waals surface area contributed by atoms with E-state index in [1.54, 1.807) is 12.4 Å². The van der Waals surface area contributed by atoms with E-state index in [0.29, 0.717) is 35.7 Å². The third kappa shape index (κ3) is 8.33. The highest BCUT2D eigenvalue weighted by molar-refractivity contribution is 7.85. The van der Waals surface area contributed by atoms with Crippen LogP contribution in [0, 0.1) is 0 Å². The van der Waals surface area contributed by atoms with Crippen LogP contribution < -0.4 is 0 Å². The van der Waals surface area contributed by atoms with E-state index in [-0.39, 0.29) is 32.5 Å². The van der Waals surface area contributed by atoms with Crippen LogP contribution in [0.2, 0.25) is 10.0 Å². The molecule has 0 saturated heterocycles. The Morgan fingerprint density at radius 3 is 1.18 bits per heavy atom. The molecular weight excluding hydrogens is 587 g/mol. The van der Waals surface area contributed by atoms with Crippen molar-refractivity contribution >= 4 is 57.6 Å². The van der Waals surface area contributed by atoms with Gasteiger partial charge in [0.15, 0.2) is 0 Å². The summed E-state index contributed by atoms with van der Waals surface area (Å²) in [6.45, 7) is 11.4. The molecule has 2 saturated carbocycles. The lowest BCUT2D eigenvalue weighted by Crippen LogP contribution is -2.46. The molecule has 220 valence electrons. The number of nitrogens with zero attached hydrogens (tertiary/aromatic N) is 2. The number of rotatable bonds is 6. The highest BCUT2D eigenvalue weighted by atomic mass is 35.5. The molecule has 10 heteroatoms. The summed E-state index contributed by atoms with van der Waals surface area (Å²) in [6.07, 6.45) is 5.31. The lowest BCUT2D eigenvalue weighted by atomic mass is 9.63. The Balaban J connectivity index is 0.000000220. The van der Waals surface area contributed by atoms with Gasteiger partial charge >= 0.3 is 0 Å². The van der Waals surface area contributed by atoms with Gasteiger partial charge in [0.2, 0.25) is 0 Å². The number of benzene rings is 2. The predicted octanol–water partition coefficient (Wildman–Crippen LogP) is 6.53. The zero-order valence-electron chi connectivity index (χ0n) is 23.9. The zero-order chi connectivity index (χ0) is 29.9. The predicted molar refractivity (Wildman–Crippen MR) is 170 cm³/mol. The van der Waals surface area contributed by atoms with Crippen molar-refractivity contribution in [1.29, 1.82) is 0 Å². The number of aliphatic hydroxyl groups excluding tert-OH is 2. The second-order valence-corrected chi connectivity index (χ2v) is 17.4. The van der Waals surface area contributed by atoms with Crippen LogP contribution in [-0.4, -0.2) is 52.8 Å². The van der Waals surface area contributed by atoms with E-state index in [0.717, 1.165) is 11.1 Å². The quantitative estimate of drug-likeness (QED) is 0.356. The van der Waals surface area contributed by atoms with Crippen molar-refractivity contribution in [1.82, 2.24) is 0 Å². The average molecular weight is 628 g/mol. The Bertz CT molecular complexity index is 1160. The lowest BCUT2D eigenvalue weighted by Gasteiger charge is -2.43. The molecule has 0 bridgehead atoms. The van der Waals surface area contributed by atoms with E-state index in [9.17, 15) is 18.6 Å². The molecule has 0 radical (unpaired) electrons. The van der Waals surface area contributed by atoms with Gasteiger partial charge in [-0.05, 0) is 103 Å². The van der Waals surface area contributed by atoms with Crippen LogP contribution >= 0.6 is 23.2 Å². The van der Waals surface area contributed by atoms with Gasteiger partial charge in [-0.2, -0.15) is 8.80 Å². The molecule has 0 heterocycles. The molecule has 2 aliphatic rings. The second-order valence-electron chi connectivity index (χ2n) is 12.6. The van der Waals surface area contributed by atoms with Crippen LogP contribution in [0.5, 0.6) is 0 Å². The summed E-state index contributed by atoms with van der Waals surface area (Å²) in [7, 11) is -2.56. The molecule has 2 N–H and O–H groups in total.